The summed E-state index contributed by atoms with van der Waals surface area (Å²) in [6.07, 6.45) is 0. The van der Waals surface area contributed by atoms with Crippen LogP contribution in [-0.2, 0) is 9.53 Å². The molecule has 0 atom stereocenters. The zero-order valence-electron chi connectivity index (χ0n) is 15.5. The quantitative estimate of drug-likeness (QED) is 0.347. The molecule has 0 aliphatic carbocycles. The summed E-state index contributed by atoms with van der Waals surface area (Å²) in [6, 6.07) is 19.3. The fraction of sp³-hybridized carbons (Fsp3) is 0.190. The number of thioether (sulfide) groups is 1. The van der Waals surface area contributed by atoms with Crippen molar-refractivity contribution in [1.82, 2.24) is 15.5 Å². The molecular weight excluding hydrogens is 374 g/mol. The zero-order valence-corrected chi connectivity index (χ0v) is 16.3. The SMILES string of the molecule is Cc1ccc(SCCNC(=O)COC(=O)c2cc(-c3ccccc3)n[nH]2)cc1. The number of aromatic amines is 1. The Balaban J connectivity index is 1.38. The van der Waals surface area contributed by atoms with E-state index in [4.69, 9.17) is 4.74 Å². The molecule has 0 aliphatic rings. The van der Waals surface area contributed by atoms with Crippen molar-refractivity contribution in [2.24, 2.45) is 0 Å². The van der Waals surface area contributed by atoms with Crippen LogP contribution in [0.5, 0.6) is 0 Å². The summed E-state index contributed by atoms with van der Waals surface area (Å²) in [4.78, 5) is 25.0. The molecule has 144 valence electrons. The van der Waals surface area contributed by atoms with Crippen LogP contribution in [0.2, 0.25) is 0 Å². The fourth-order valence-corrected chi connectivity index (χ4v) is 3.21. The van der Waals surface area contributed by atoms with Crippen LogP contribution in [0.3, 0.4) is 0 Å². The maximum absolute atomic E-state index is 12.1. The van der Waals surface area contributed by atoms with E-state index in [1.54, 1.807) is 17.8 Å². The van der Waals surface area contributed by atoms with Gasteiger partial charge < -0.3 is 10.1 Å². The summed E-state index contributed by atoms with van der Waals surface area (Å²) in [7, 11) is 0. The highest BCUT2D eigenvalue weighted by atomic mass is 32.2. The van der Waals surface area contributed by atoms with E-state index >= 15 is 0 Å². The van der Waals surface area contributed by atoms with Gasteiger partial charge in [-0.25, -0.2) is 4.79 Å². The summed E-state index contributed by atoms with van der Waals surface area (Å²) in [5.74, 6) is -0.205. The minimum absolute atomic E-state index is 0.210. The number of esters is 1. The molecule has 6 nitrogen and oxygen atoms in total. The number of ether oxygens (including phenoxy) is 1. The van der Waals surface area contributed by atoms with Crippen LogP contribution in [0.15, 0.2) is 65.6 Å². The second kappa shape index (κ2) is 9.75. The molecule has 0 spiro atoms. The number of hydrogen-bond donors (Lipinski definition) is 2. The van der Waals surface area contributed by atoms with Gasteiger partial charge >= 0.3 is 5.97 Å². The van der Waals surface area contributed by atoms with E-state index in [0.29, 0.717) is 12.2 Å². The van der Waals surface area contributed by atoms with Crippen molar-refractivity contribution in [3.05, 3.63) is 71.9 Å². The number of aryl methyl sites for hydroxylation is 1. The molecule has 0 saturated carbocycles. The molecule has 0 saturated heterocycles. The molecule has 0 bridgehead atoms. The largest absolute Gasteiger partial charge is 0.451 e. The molecule has 1 aromatic heterocycles. The van der Waals surface area contributed by atoms with Crippen LogP contribution in [0.4, 0.5) is 0 Å². The van der Waals surface area contributed by atoms with Crippen molar-refractivity contribution < 1.29 is 14.3 Å². The first-order valence-electron chi connectivity index (χ1n) is 8.86. The van der Waals surface area contributed by atoms with Crippen LogP contribution >= 0.6 is 11.8 Å². The number of H-pyrrole nitrogens is 1. The predicted molar refractivity (Wildman–Crippen MR) is 109 cm³/mol. The molecule has 0 aliphatic heterocycles. The van der Waals surface area contributed by atoms with Gasteiger partial charge in [0.2, 0.25) is 0 Å². The number of nitrogens with zero attached hydrogens (tertiary/aromatic N) is 1. The average Bonchev–Trinajstić information content (AvgIpc) is 3.22. The fourth-order valence-electron chi connectivity index (χ4n) is 2.44. The molecule has 7 heteroatoms. The van der Waals surface area contributed by atoms with E-state index in [1.807, 2.05) is 37.3 Å². The van der Waals surface area contributed by atoms with Gasteiger partial charge in [0.1, 0.15) is 5.69 Å². The second-order valence-corrected chi connectivity index (χ2v) is 7.29. The summed E-state index contributed by atoms with van der Waals surface area (Å²) in [5.41, 5.74) is 2.96. The third-order valence-corrected chi connectivity index (χ3v) is 4.93. The lowest BCUT2D eigenvalue weighted by Crippen LogP contribution is -2.30. The number of amides is 1. The maximum atomic E-state index is 12.1. The molecule has 3 aromatic rings. The van der Waals surface area contributed by atoms with Gasteiger partial charge in [-0.05, 0) is 25.1 Å². The number of aromatic nitrogens is 2. The number of carbonyl (C=O) groups is 2. The van der Waals surface area contributed by atoms with Crippen molar-refractivity contribution in [3.63, 3.8) is 0 Å². The topological polar surface area (TPSA) is 84.1 Å². The molecule has 0 radical (unpaired) electrons. The Morgan fingerprint density at radius 1 is 1.11 bits per heavy atom. The Morgan fingerprint density at radius 3 is 2.61 bits per heavy atom. The Labute approximate surface area is 167 Å². The van der Waals surface area contributed by atoms with E-state index < -0.39 is 5.97 Å². The predicted octanol–water partition coefficient (Wildman–Crippen LogP) is 3.45. The summed E-state index contributed by atoms with van der Waals surface area (Å²) < 4.78 is 5.04. The Morgan fingerprint density at radius 2 is 1.86 bits per heavy atom. The summed E-state index contributed by atoms with van der Waals surface area (Å²) in [6.45, 7) is 2.21. The number of nitrogens with one attached hydrogen (secondary N) is 2. The molecular formula is C21H21N3O3S. The molecule has 28 heavy (non-hydrogen) atoms. The van der Waals surface area contributed by atoms with Crippen molar-refractivity contribution in [2.75, 3.05) is 18.9 Å². The van der Waals surface area contributed by atoms with E-state index in [0.717, 1.165) is 16.2 Å². The van der Waals surface area contributed by atoms with E-state index in [2.05, 4.69) is 39.8 Å². The molecule has 2 N–H and O–H groups in total. The Kier molecular flexibility index (Phi) is 6.86. The summed E-state index contributed by atoms with van der Waals surface area (Å²) >= 11 is 1.66. The monoisotopic (exact) mass is 395 g/mol. The van der Waals surface area contributed by atoms with Crippen LogP contribution < -0.4 is 5.32 Å². The third-order valence-electron chi connectivity index (χ3n) is 3.92. The van der Waals surface area contributed by atoms with E-state index in [-0.39, 0.29) is 18.2 Å². The molecule has 0 fully saturated rings. The highest BCUT2D eigenvalue weighted by molar-refractivity contribution is 7.99. The first-order chi connectivity index (χ1) is 13.6. The average molecular weight is 395 g/mol. The molecule has 3 rings (SSSR count). The number of benzene rings is 2. The molecule has 1 amide bonds. The van der Waals surface area contributed by atoms with Gasteiger partial charge in [-0.3, -0.25) is 9.89 Å². The highest BCUT2D eigenvalue weighted by Gasteiger charge is 2.14. The van der Waals surface area contributed by atoms with E-state index in [1.165, 1.54) is 5.56 Å². The normalized spacial score (nSPS) is 10.5. The molecule has 0 unspecified atom stereocenters. The van der Waals surface area contributed by atoms with Crippen LogP contribution in [0.25, 0.3) is 11.3 Å². The van der Waals surface area contributed by atoms with Gasteiger partial charge in [-0.2, -0.15) is 5.10 Å². The van der Waals surface area contributed by atoms with Gasteiger partial charge in [0.25, 0.3) is 5.91 Å². The van der Waals surface area contributed by atoms with Gasteiger partial charge in [0.15, 0.2) is 6.61 Å². The standard InChI is InChI=1S/C21H21N3O3S/c1-15-7-9-17(10-8-15)28-12-11-22-20(25)14-27-21(26)19-13-18(23-24-19)16-5-3-2-4-6-16/h2-10,13H,11-12,14H2,1H3,(H,22,25)(H,23,24). The van der Waals surface area contributed by atoms with Gasteiger partial charge in [0, 0.05) is 22.8 Å². The van der Waals surface area contributed by atoms with Crippen LogP contribution in [0.1, 0.15) is 16.1 Å². The zero-order chi connectivity index (χ0) is 19.8. The lowest BCUT2D eigenvalue weighted by molar-refractivity contribution is -0.124. The Hall–Kier alpha value is -3.06. The van der Waals surface area contributed by atoms with Gasteiger partial charge in [-0.1, -0.05) is 48.0 Å². The minimum Gasteiger partial charge on any atom is -0.451 e. The number of hydrogen-bond acceptors (Lipinski definition) is 5. The minimum atomic E-state index is -0.612. The molecule has 2 aromatic carbocycles. The van der Waals surface area contributed by atoms with Crippen molar-refractivity contribution in [1.29, 1.82) is 0 Å². The third kappa shape index (κ3) is 5.72. The lowest BCUT2D eigenvalue weighted by atomic mass is 10.1. The van der Waals surface area contributed by atoms with Gasteiger partial charge in [0.05, 0.1) is 5.69 Å². The van der Waals surface area contributed by atoms with Crippen molar-refractivity contribution >= 4 is 23.6 Å². The second-order valence-electron chi connectivity index (χ2n) is 6.12. The van der Waals surface area contributed by atoms with Gasteiger partial charge in [-0.15, -0.1) is 11.8 Å². The lowest BCUT2D eigenvalue weighted by Gasteiger charge is -2.06. The number of rotatable bonds is 8. The van der Waals surface area contributed by atoms with Crippen LogP contribution in [-0.4, -0.2) is 41.0 Å². The van der Waals surface area contributed by atoms with Crippen molar-refractivity contribution in [3.8, 4) is 11.3 Å². The maximum Gasteiger partial charge on any atom is 0.356 e. The molecule has 1 heterocycles. The van der Waals surface area contributed by atoms with Crippen LogP contribution in [0, 0.1) is 6.92 Å². The smallest absolute Gasteiger partial charge is 0.356 e. The van der Waals surface area contributed by atoms with Crippen molar-refractivity contribution in [2.45, 2.75) is 11.8 Å². The van der Waals surface area contributed by atoms with E-state index in [9.17, 15) is 9.59 Å². The first-order valence-corrected chi connectivity index (χ1v) is 9.84. The summed E-state index contributed by atoms with van der Waals surface area (Å²) in [5, 5.41) is 9.48. The first kappa shape index (κ1) is 19.7. The highest BCUT2D eigenvalue weighted by Crippen LogP contribution is 2.18. The Bertz CT molecular complexity index is 924. The number of carbonyl (C=O) groups excluding carboxylic acids is 2.